The van der Waals surface area contributed by atoms with Crippen molar-refractivity contribution in [2.45, 2.75) is 13.3 Å². The van der Waals surface area contributed by atoms with Crippen LogP contribution in [0.1, 0.15) is 13.3 Å². The van der Waals surface area contributed by atoms with Gasteiger partial charge in [-0.05, 0) is 24.3 Å². The first-order valence-electron chi connectivity index (χ1n) is 12.9. The molecule has 1 N–H and O–H groups in total. The average Bonchev–Trinajstić information content (AvgIpc) is 3.38. The highest BCUT2D eigenvalue weighted by Crippen LogP contribution is 2.32. The summed E-state index contributed by atoms with van der Waals surface area (Å²) in [6.07, 6.45) is 2.14. The molecule has 1 aromatic heterocycles. The molecular formula is C28H34ClN5O5. The molecule has 0 unspecified atom stereocenters. The van der Waals surface area contributed by atoms with E-state index in [1.165, 1.54) is 0 Å². The number of hydrogen-bond donors (Lipinski definition) is 1. The first kappa shape index (κ1) is 28.4. The maximum atomic E-state index is 13.2. The van der Waals surface area contributed by atoms with E-state index in [2.05, 4.69) is 10.2 Å². The van der Waals surface area contributed by atoms with Gasteiger partial charge in [0.1, 0.15) is 0 Å². The zero-order valence-electron chi connectivity index (χ0n) is 22.5. The van der Waals surface area contributed by atoms with Gasteiger partial charge in [-0.25, -0.2) is 4.98 Å². The number of morpholine rings is 1. The summed E-state index contributed by atoms with van der Waals surface area (Å²) >= 11 is 6.07. The fourth-order valence-electron chi connectivity index (χ4n) is 4.34. The van der Waals surface area contributed by atoms with Gasteiger partial charge in [-0.2, -0.15) is 0 Å². The predicted octanol–water partition coefficient (Wildman–Crippen LogP) is 3.72. The lowest BCUT2D eigenvalue weighted by atomic mass is 10.2. The summed E-state index contributed by atoms with van der Waals surface area (Å²) in [6, 6.07) is 12.7. The fraction of sp³-hybridized carbons (Fsp3) is 0.393. The number of carbonyl (C=O) groups excluding carboxylic acids is 2. The number of imidazole rings is 1. The van der Waals surface area contributed by atoms with Crippen molar-refractivity contribution in [1.82, 2.24) is 19.4 Å². The molecule has 1 aliphatic heterocycles. The summed E-state index contributed by atoms with van der Waals surface area (Å²) in [4.78, 5) is 34.4. The van der Waals surface area contributed by atoms with Gasteiger partial charge in [0.05, 0.1) is 45.4 Å². The standard InChI is InChI=1S/C28H34ClN5O5/c1-4-27(36)33(12-11-32-13-15-39-16-14-32)19-26(35)31-28-30-23(20-5-7-21(29)8-6-20)18-34(28)22-9-10-24(37-2)25(17-22)38-3/h5-10,17-18H,4,11-16,19H2,1-3H3,(H,30,31,35). The number of anilines is 1. The number of hydrogen-bond acceptors (Lipinski definition) is 7. The molecule has 11 heteroatoms. The van der Waals surface area contributed by atoms with Crippen LogP contribution in [0.25, 0.3) is 16.9 Å². The molecule has 39 heavy (non-hydrogen) atoms. The minimum Gasteiger partial charge on any atom is -0.493 e. The van der Waals surface area contributed by atoms with Gasteiger partial charge >= 0.3 is 0 Å². The van der Waals surface area contributed by atoms with Crippen molar-refractivity contribution >= 4 is 29.4 Å². The molecule has 2 amide bonds. The van der Waals surface area contributed by atoms with E-state index in [1.54, 1.807) is 54.9 Å². The van der Waals surface area contributed by atoms with Gasteiger partial charge in [0.15, 0.2) is 11.5 Å². The molecular weight excluding hydrogens is 522 g/mol. The van der Waals surface area contributed by atoms with Gasteiger partial charge in [-0.3, -0.25) is 24.4 Å². The number of aromatic nitrogens is 2. The number of amides is 2. The Kier molecular flexibility index (Phi) is 9.80. The summed E-state index contributed by atoms with van der Waals surface area (Å²) < 4.78 is 18.0. The highest BCUT2D eigenvalue weighted by molar-refractivity contribution is 6.30. The number of methoxy groups -OCH3 is 2. The lowest BCUT2D eigenvalue weighted by Gasteiger charge is -2.29. The van der Waals surface area contributed by atoms with Crippen LogP contribution in [-0.2, 0) is 14.3 Å². The van der Waals surface area contributed by atoms with Gasteiger partial charge in [-0.1, -0.05) is 30.7 Å². The van der Waals surface area contributed by atoms with Crippen molar-refractivity contribution in [3.63, 3.8) is 0 Å². The average molecular weight is 556 g/mol. The van der Waals surface area contributed by atoms with E-state index in [0.717, 1.165) is 18.7 Å². The highest BCUT2D eigenvalue weighted by atomic mass is 35.5. The molecule has 0 spiro atoms. The molecule has 2 aromatic carbocycles. The maximum absolute atomic E-state index is 13.2. The van der Waals surface area contributed by atoms with Gasteiger partial charge in [-0.15, -0.1) is 0 Å². The molecule has 4 rings (SSSR count). The lowest BCUT2D eigenvalue weighted by Crippen LogP contribution is -2.45. The zero-order chi connectivity index (χ0) is 27.8. The predicted molar refractivity (Wildman–Crippen MR) is 150 cm³/mol. The van der Waals surface area contributed by atoms with Crippen LogP contribution in [0.15, 0.2) is 48.7 Å². The van der Waals surface area contributed by atoms with Gasteiger partial charge in [0.2, 0.25) is 17.8 Å². The number of rotatable bonds is 11. The number of nitrogens with zero attached hydrogens (tertiary/aromatic N) is 4. The topological polar surface area (TPSA) is 98.2 Å². The smallest absolute Gasteiger partial charge is 0.246 e. The van der Waals surface area contributed by atoms with E-state index in [0.29, 0.717) is 66.6 Å². The second kappa shape index (κ2) is 13.5. The SMILES string of the molecule is CCC(=O)N(CCN1CCOCC1)CC(=O)Nc1nc(-c2ccc(Cl)cc2)cn1-c1ccc(OC)c(OC)c1. The van der Waals surface area contributed by atoms with Crippen molar-refractivity contribution in [1.29, 1.82) is 0 Å². The molecule has 0 aliphatic carbocycles. The summed E-state index contributed by atoms with van der Waals surface area (Å²) in [6.45, 7) is 5.85. The molecule has 0 atom stereocenters. The van der Waals surface area contributed by atoms with Crippen LogP contribution >= 0.6 is 11.6 Å². The van der Waals surface area contributed by atoms with E-state index in [9.17, 15) is 9.59 Å². The molecule has 208 valence electrons. The molecule has 0 radical (unpaired) electrons. The van der Waals surface area contributed by atoms with Crippen LogP contribution in [0.4, 0.5) is 5.95 Å². The molecule has 3 aromatic rings. The summed E-state index contributed by atoms with van der Waals surface area (Å²) in [5, 5.41) is 3.53. The fourth-order valence-corrected chi connectivity index (χ4v) is 4.47. The van der Waals surface area contributed by atoms with Crippen molar-refractivity contribution in [2.24, 2.45) is 0 Å². The van der Waals surface area contributed by atoms with Gasteiger partial charge in [0, 0.05) is 55.4 Å². The number of halogens is 1. The Morgan fingerprint density at radius 3 is 2.46 bits per heavy atom. The Balaban J connectivity index is 1.58. The van der Waals surface area contributed by atoms with Crippen LogP contribution < -0.4 is 14.8 Å². The second-order valence-electron chi connectivity index (χ2n) is 9.04. The minimum atomic E-state index is -0.339. The number of ether oxygens (including phenoxy) is 3. The molecule has 1 fully saturated rings. The first-order chi connectivity index (χ1) is 18.9. The van der Waals surface area contributed by atoms with Crippen molar-refractivity contribution in [3.8, 4) is 28.4 Å². The quantitative estimate of drug-likeness (QED) is 0.385. The number of carbonyl (C=O) groups is 2. The van der Waals surface area contributed by atoms with Gasteiger partial charge in [0.25, 0.3) is 0 Å². The molecule has 2 heterocycles. The Hall–Kier alpha value is -3.60. The number of nitrogens with one attached hydrogen (secondary N) is 1. The second-order valence-corrected chi connectivity index (χ2v) is 9.47. The van der Waals surface area contributed by atoms with Crippen molar-refractivity contribution in [3.05, 3.63) is 53.7 Å². The Labute approximate surface area is 233 Å². The minimum absolute atomic E-state index is 0.0773. The van der Waals surface area contributed by atoms with Gasteiger partial charge < -0.3 is 19.1 Å². The third-order valence-electron chi connectivity index (χ3n) is 6.52. The van der Waals surface area contributed by atoms with Crippen molar-refractivity contribution < 1.29 is 23.8 Å². The van der Waals surface area contributed by atoms with E-state index in [1.807, 2.05) is 24.4 Å². The maximum Gasteiger partial charge on any atom is 0.246 e. The Morgan fingerprint density at radius 1 is 1.08 bits per heavy atom. The van der Waals surface area contributed by atoms with Crippen LogP contribution in [0.2, 0.25) is 5.02 Å². The van der Waals surface area contributed by atoms with Crippen LogP contribution in [0.3, 0.4) is 0 Å². The Bertz CT molecular complexity index is 1270. The summed E-state index contributed by atoms with van der Waals surface area (Å²) in [5.41, 5.74) is 2.19. The van der Waals surface area contributed by atoms with E-state index >= 15 is 0 Å². The summed E-state index contributed by atoms with van der Waals surface area (Å²) in [7, 11) is 3.13. The monoisotopic (exact) mass is 555 g/mol. The number of benzene rings is 2. The normalized spacial score (nSPS) is 13.6. The van der Waals surface area contributed by atoms with Crippen LogP contribution in [-0.4, -0.2) is 91.3 Å². The molecule has 1 aliphatic rings. The van der Waals surface area contributed by atoms with E-state index in [4.69, 9.17) is 30.8 Å². The largest absolute Gasteiger partial charge is 0.493 e. The third kappa shape index (κ3) is 7.29. The summed E-state index contributed by atoms with van der Waals surface area (Å²) in [5.74, 6) is 1.02. The first-order valence-corrected chi connectivity index (χ1v) is 13.2. The molecule has 1 saturated heterocycles. The van der Waals surface area contributed by atoms with E-state index in [-0.39, 0.29) is 18.4 Å². The molecule has 0 bridgehead atoms. The lowest BCUT2D eigenvalue weighted by molar-refractivity contribution is -0.134. The van der Waals surface area contributed by atoms with Crippen LogP contribution in [0.5, 0.6) is 11.5 Å². The highest BCUT2D eigenvalue weighted by Gasteiger charge is 2.21. The molecule has 0 saturated carbocycles. The Morgan fingerprint density at radius 2 is 1.79 bits per heavy atom. The zero-order valence-corrected chi connectivity index (χ0v) is 23.2. The molecule has 10 nitrogen and oxygen atoms in total. The van der Waals surface area contributed by atoms with Crippen LogP contribution in [0, 0.1) is 0 Å². The van der Waals surface area contributed by atoms with Crippen molar-refractivity contribution in [2.75, 3.05) is 65.5 Å². The third-order valence-corrected chi connectivity index (χ3v) is 6.77. The van der Waals surface area contributed by atoms with E-state index < -0.39 is 0 Å².